The van der Waals surface area contributed by atoms with Gasteiger partial charge in [0.15, 0.2) is 0 Å². The third kappa shape index (κ3) is 2.75. The standard InChI is InChI=1S/C18H19NO/c1-2-11-19-13-14-7-9-15(10-8-14)18-12-16-5-3-4-6-17(16)20-18/h3-10,12,19H,2,11,13H2,1H3. The molecule has 0 fully saturated rings. The number of benzene rings is 2. The molecule has 0 aliphatic heterocycles. The maximum atomic E-state index is 5.88. The SMILES string of the molecule is CCCNCc1ccc(-c2cc3ccccc3o2)cc1. The summed E-state index contributed by atoms with van der Waals surface area (Å²) in [6, 6.07) is 18.8. The molecule has 0 saturated carbocycles. The predicted molar refractivity (Wildman–Crippen MR) is 83.6 cm³/mol. The van der Waals surface area contributed by atoms with Crippen LogP contribution in [0.1, 0.15) is 18.9 Å². The van der Waals surface area contributed by atoms with Crippen molar-refractivity contribution in [3.8, 4) is 11.3 Å². The summed E-state index contributed by atoms with van der Waals surface area (Å²) in [5.74, 6) is 0.930. The molecule has 3 aromatic rings. The van der Waals surface area contributed by atoms with Gasteiger partial charge in [-0.1, -0.05) is 49.4 Å². The molecule has 20 heavy (non-hydrogen) atoms. The van der Waals surface area contributed by atoms with Gasteiger partial charge in [-0.2, -0.15) is 0 Å². The van der Waals surface area contributed by atoms with Crippen LogP contribution < -0.4 is 5.32 Å². The lowest BCUT2D eigenvalue weighted by molar-refractivity contribution is 0.631. The van der Waals surface area contributed by atoms with Crippen molar-refractivity contribution in [1.82, 2.24) is 5.32 Å². The first kappa shape index (κ1) is 12.9. The number of furan rings is 1. The highest BCUT2D eigenvalue weighted by molar-refractivity contribution is 5.82. The Bertz CT molecular complexity index is 649. The molecule has 0 bridgehead atoms. The summed E-state index contributed by atoms with van der Waals surface area (Å²) in [5.41, 5.74) is 3.37. The van der Waals surface area contributed by atoms with E-state index in [0.717, 1.165) is 41.8 Å². The van der Waals surface area contributed by atoms with Crippen LogP contribution in [-0.4, -0.2) is 6.54 Å². The normalized spacial score (nSPS) is 11.1. The summed E-state index contributed by atoms with van der Waals surface area (Å²) < 4.78 is 5.88. The second-order valence-electron chi connectivity index (χ2n) is 5.02. The van der Waals surface area contributed by atoms with Gasteiger partial charge in [0.25, 0.3) is 0 Å². The number of para-hydroxylation sites is 1. The van der Waals surface area contributed by atoms with Gasteiger partial charge >= 0.3 is 0 Å². The minimum Gasteiger partial charge on any atom is -0.456 e. The molecule has 0 saturated heterocycles. The van der Waals surface area contributed by atoms with E-state index in [0.29, 0.717) is 0 Å². The van der Waals surface area contributed by atoms with E-state index in [-0.39, 0.29) is 0 Å². The van der Waals surface area contributed by atoms with Crippen molar-refractivity contribution in [3.05, 3.63) is 60.2 Å². The topological polar surface area (TPSA) is 25.2 Å². The number of fused-ring (bicyclic) bond motifs is 1. The molecule has 0 radical (unpaired) electrons. The number of hydrogen-bond acceptors (Lipinski definition) is 2. The first-order chi connectivity index (χ1) is 9.86. The first-order valence-corrected chi connectivity index (χ1v) is 7.15. The molecule has 1 heterocycles. The van der Waals surface area contributed by atoms with E-state index in [1.807, 2.05) is 18.2 Å². The van der Waals surface area contributed by atoms with Crippen molar-refractivity contribution in [2.24, 2.45) is 0 Å². The highest BCUT2D eigenvalue weighted by atomic mass is 16.3. The van der Waals surface area contributed by atoms with E-state index in [1.165, 1.54) is 5.56 Å². The fourth-order valence-electron chi connectivity index (χ4n) is 2.32. The van der Waals surface area contributed by atoms with Gasteiger partial charge in [0.05, 0.1) is 0 Å². The summed E-state index contributed by atoms with van der Waals surface area (Å²) >= 11 is 0. The summed E-state index contributed by atoms with van der Waals surface area (Å²) in [4.78, 5) is 0. The lowest BCUT2D eigenvalue weighted by atomic mass is 10.1. The van der Waals surface area contributed by atoms with Crippen LogP contribution in [0, 0.1) is 0 Å². The first-order valence-electron chi connectivity index (χ1n) is 7.15. The number of hydrogen-bond donors (Lipinski definition) is 1. The zero-order valence-electron chi connectivity index (χ0n) is 11.7. The van der Waals surface area contributed by atoms with Crippen LogP contribution in [-0.2, 0) is 6.54 Å². The van der Waals surface area contributed by atoms with Crippen molar-refractivity contribution < 1.29 is 4.42 Å². The summed E-state index contributed by atoms with van der Waals surface area (Å²) in [6.07, 6.45) is 1.16. The third-order valence-corrected chi connectivity index (χ3v) is 3.42. The minimum atomic E-state index is 0.925. The third-order valence-electron chi connectivity index (χ3n) is 3.42. The Morgan fingerprint density at radius 1 is 1.00 bits per heavy atom. The van der Waals surface area contributed by atoms with Gasteiger partial charge in [0.1, 0.15) is 11.3 Å². The zero-order valence-corrected chi connectivity index (χ0v) is 11.7. The largest absolute Gasteiger partial charge is 0.456 e. The van der Waals surface area contributed by atoms with Crippen LogP contribution in [0.3, 0.4) is 0 Å². The van der Waals surface area contributed by atoms with Crippen LogP contribution >= 0.6 is 0 Å². The zero-order chi connectivity index (χ0) is 13.8. The van der Waals surface area contributed by atoms with E-state index >= 15 is 0 Å². The van der Waals surface area contributed by atoms with E-state index in [1.54, 1.807) is 0 Å². The summed E-state index contributed by atoms with van der Waals surface area (Å²) in [5, 5.41) is 4.56. The van der Waals surface area contributed by atoms with E-state index in [4.69, 9.17) is 4.42 Å². The minimum absolute atomic E-state index is 0.925. The Morgan fingerprint density at radius 3 is 2.55 bits per heavy atom. The Labute approximate surface area is 119 Å². The van der Waals surface area contributed by atoms with Gasteiger partial charge in [-0.15, -0.1) is 0 Å². The monoisotopic (exact) mass is 265 g/mol. The Balaban J connectivity index is 1.79. The van der Waals surface area contributed by atoms with Crippen LogP contribution in [0.5, 0.6) is 0 Å². The van der Waals surface area contributed by atoms with E-state index in [2.05, 4.69) is 48.6 Å². The van der Waals surface area contributed by atoms with Gasteiger partial charge < -0.3 is 9.73 Å². The van der Waals surface area contributed by atoms with Crippen molar-refractivity contribution in [3.63, 3.8) is 0 Å². The Morgan fingerprint density at radius 2 is 1.80 bits per heavy atom. The fraction of sp³-hybridized carbons (Fsp3) is 0.222. The molecular formula is C18H19NO. The van der Waals surface area contributed by atoms with Crippen molar-refractivity contribution in [2.45, 2.75) is 19.9 Å². The van der Waals surface area contributed by atoms with Gasteiger partial charge in [-0.3, -0.25) is 0 Å². The van der Waals surface area contributed by atoms with Crippen LogP contribution in [0.4, 0.5) is 0 Å². The summed E-state index contributed by atoms with van der Waals surface area (Å²) in [7, 11) is 0. The van der Waals surface area contributed by atoms with Gasteiger partial charge in [-0.25, -0.2) is 0 Å². The van der Waals surface area contributed by atoms with Crippen molar-refractivity contribution in [2.75, 3.05) is 6.54 Å². The lowest BCUT2D eigenvalue weighted by Crippen LogP contribution is -2.13. The van der Waals surface area contributed by atoms with Crippen LogP contribution in [0.25, 0.3) is 22.3 Å². The van der Waals surface area contributed by atoms with Crippen molar-refractivity contribution >= 4 is 11.0 Å². The molecule has 102 valence electrons. The molecule has 0 amide bonds. The second-order valence-corrected chi connectivity index (χ2v) is 5.02. The molecule has 0 aliphatic carbocycles. The van der Waals surface area contributed by atoms with E-state index in [9.17, 15) is 0 Å². The molecule has 0 spiro atoms. The second kappa shape index (κ2) is 5.93. The maximum Gasteiger partial charge on any atom is 0.135 e. The molecule has 2 aromatic carbocycles. The van der Waals surface area contributed by atoms with Gasteiger partial charge in [0.2, 0.25) is 0 Å². The highest BCUT2D eigenvalue weighted by Gasteiger charge is 2.05. The molecule has 1 N–H and O–H groups in total. The summed E-state index contributed by atoms with van der Waals surface area (Å²) in [6.45, 7) is 4.16. The van der Waals surface area contributed by atoms with Gasteiger partial charge in [0, 0.05) is 17.5 Å². The molecular weight excluding hydrogens is 246 g/mol. The number of rotatable bonds is 5. The number of nitrogens with one attached hydrogen (secondary N) is 1. The maximum absolute atomic E-state index is 5.88. The smallest absolute Gasteiger partial charge is 0.135 e. The molecule has 2 heteroatoms. The molecule has 0 aliphatic rings. The predicted octanol–water partition coefficient (Wildman–Crippen LogP) is 4.60. The lowest BCUT2D eigenvalue weighted by Gasteiger charge is -2.04. The molecule has 0 atom stereocenters. The average Bonchev–Trinajstić information content (AvgIpc) is 2.92. The van der Waals surface area contributed by atoms with E-state index < -0.39 is 0 Å². The Kier molecular flexibility index (Phi) is 3.84. The van der Waals surface area contributed by atoms with Gasteiger partial charge in [-0.05, 0) is 30.7 Å². The average molecular weight is 265 g/mol. The fourth-order valence-corrected chi connectivity index (χ4v) is 2.32. The molecule has 1 aromatic heterocycles. The molecule has 0 unspecified atom stereocenters. The quantitative estimate of drug-likeness (QED) is 0.682. The molecule has 3 rings (SSSR count). The molecule has 2 nitrogen and oxygen atoms in total. The Hall–Kier alpha value is -2.06. The van der Waals surface area contributed by atoms with Crippen molar-refractivity contribution in [1.29, 1.82) is 0 Å². The van der Waals surface area contributed by atoms with Crippen LogP contribution in [0.2, 0.25) is 0 Å². The van der Waals surface area contributed by atoms with Crippen LogP contribution in [0.15, 0.2) is 59.0 Å². The highest BCUT2D eigenvalue weighted by Crippen LogP contribution is 2.27.